The molecule has 0 spiro atoms. The van der Waals surface area contributed by atoms with Crippen molar-refractivity contribution in [1.29, 1.82) is 0 Å². The zero-order valence-electron chi connectivity index (χ0n) is 15.8. The standard InChI is InChI=1S/C18H23F3N4OS.HI/c1-12-6-4-5-7-14(12)26-13(2)10-24-17(22-3)23-9-8-16-25-15(11-27-16)18(19,20)21;/h4-7,11,13H,8-10H2,1-3H3,(H2,22,23,24);1H. The Balaban J connectivity index is 0.00000392. The van der Waals surface area contributed by atoms with Gasteiger partial charge in [0.2, 0.25) is 0 Å². The molecule has 0 aliphatic rings. The fraction of sp³-hybridized carbons (Fsp3) is 0.444. The number of guanidine groups is 1. The van der Waals surface area contributed by atoms with Crippen LogP contribution in [0.4, 0.5) is 13.2 Å². The van der Waals surface area contributed by atoms with Gasteiger partial charge in [0.25, 0.3) is 0 Å². The minimum absolute atomic E-state index is 0. The molecule has 0 aliphatic carbocycles. The third-order valence-corrected chi connectivity index (χ3v) is 4.58. The molecule has 0 fully saturated rings. The molecule has 10 heteroatoms. The topological polar surface area (TPSA) is 58.5 Å². The lowest BCUT2D eigenvalue weighted by atomic mass is 10.2. The van der Waals surface area contributed by atoms with Crippen LogP contribution in [0.2, 0.25) is 0 Å². The predicted molar refractivity (Wildman–Crippen MR) is 117 cm³/mol. The summed E-state index contributed by atoms with van der Waals surface area (Å²) in [5.74, 6) is 1.39. The SMILES string of the molecule is CN=C(NCCc1nc(C(F)(F)F)cs1)NCC(C)Oc1ccccc1C.I. The normalized spacial score (nSPS) is 12.9. The van der Waals surface area contributed by atoms with Gasteiger partial charge in [-0.2, -0.15) is 13.2 Å². The van der Waals surface area contributed by atoms with Crippen molar-refractivity contribution in [2.45, 2.75) is 32.5 Å². The van der Waals surface area contributed by atoms with E-state index in [1.165, 1.54) is 0 Å². The Kier molecular flexibility index (Phi) is 10.0. The zero-order valence-corrected chi connectivity index (χ0v) is 19.0. The summed E-state index contributed by atoms with van der Waals surface area (Å²) in [7, 11) is 1.63. The van der Waals surface area contributed by atoms with E-state index in [1.807, 2.05) is 38.1 Å². The average molecular weight is 528 g/mol. The van der Waals surface area contributed by atoms with Gasteiger partial charge in [-0.15, -0.1) is 35.3 Å². The highest BCUT2D eigenvalue weighted by atomic mass is 127. The third kappa shape index (κ3) is 7.82. The van der Waals surface area contributed by atoms with Gasteiger partial charge in [0.1, 0.15) is 11.9 Å². The molecule has 2 aromatic rings. The van der Waals surface area contributed by atoms with E-state index in [9.17, 15) is 13.2 Å². The van der Waals surface area contributed by atoms with E-state index in [0.29, 0.717) is 30.5 Å². The van der Waals surface area contributed by atoms with Crippen LogP contribution in [0.15, 0.2) is 34.6 Å². The van der Waals surface area contributed by atoms with Crippen molar-refractivity contribution >= 4 is 41.3 Å². The van der Waals surface area contributed by atoms with E-state index in [1.54, 1.807) is 7.05 Å². The third-order valence-electron chi connectivity index (χ3n) is 3.68. The van der Waals surface area contributed by atoms with Crippen molar-refractivity contribution in [2.24, 2.45) is 4.99 Å². The van der Waals surface area contributed by atoms with Gasteiger partial charge in [-0.25, -0.2) is 4.98 Å². The Morgan fingerprint density at radius 3 is 2.61 bits per heavy atom. The van der Waals surface area contributed by atoms with E-state index in [2.05, 4.69) is 20.6 Å². The lowest BCUT2D eigenvalue weighted by Gasteiger charge is -2.18. The van der Waals surface area contributed by atoms with Crippen LogP contribution in [0.1, 0.15) is 23.2 Å². The molecule has 1 unspecified atom stereocenters. The number of aryl methyl sites for hydroxylation is 1. The number of ether oxygens (including phenoxy) is 1. The Morgan fingerprint density at radius 1 is 1.29 bits per heavy atom. The Labute approximate surface area is 183 Å². The quantitative estimate of drug-likeness (QED) is 0.321. The monoisotopic (exact) mass is 528 g/mol. The Bertz CT molecular complexity index is 767. The highest BCUT2D eigenvalue weighted by Crippen LogP contribution is 2.30. The summed E-state index contributed by atoms with van der Waals surface area (Å²) in [6.07, 6.45) is -4.10. The van der Waals surface area contributed by atoms with Gasteiger partial charge in [-0.1, -0.05) is 18.2 Å². The smallest absolute Gasteiger partial charge is 0.434 e. The number of nitrogens with zero attached hydrogens (tertiary/aromatic N) is 2. The van der Waals surface area contributed by atoms with Crippen LogP contribution in [0, 0.1) is 6.92 Å². The number of aliphatic imine (C=N–C) groups is 1. The molecule has 1 atom stereocenters. The van der Waals surface area contributed by atoms with Gasteiger partial charge in [0, 0.05) is 25.4 Å². The number of para-hydroxylation sites is 1. The first-order valence-electron chi connectivity index (χ1n) is 8.48. The molecule has 0 radical (unpaired) electrons. The van der Waals surface area contributed by atoms with Crippen LogP contribution in [-0.4, -0.2) is 37.2 Å². The molecule has 156 valence electrons. The first-order chi connectivity index (χ1) is 12.8. The largest absolute Gasteiger partial charge is 0.489 e. The van der Waals surface area contributed by atoms with Gasteiger partial charge < -0.3 is 15.4 Å². The molecular formula is C18H24F3IN4OS. The zero-order chi connectivity index (χ0) is 19.9. The van der Waals surface area contributed by atoms with Crippen LogP contribution >= 0.6 is 35.3 Å². The number of rotatable bonds is 7. The summed E-state index contributed by atoms with van der Waals surface area (Å²) in [5.41, 5.74) is 0.223. The average Bonchev–Trinajstić information content (AvgIpc) is 3.09. The molecular weight excluding hydrogens is 504 g/mol. The van der Waals surface area contributed by atoms with Gasteiger partial charge in [-0.05, 0) is 25.5 Å². The van der Waals surface area contributed by atoms with Gasteiger partial charge >= 0.3 is 6.18 Å². The van der Waals surface area contributed by atoms with Crippen LogP contribution in [0.3, 0.4) is 0 Å². The van der Waals surface area contributed by atoms with Crippen LogP contribution < -0.4 is 15.4 Å². The number of thiazole rings is 1. The molecule has 28 heavy (non-hydrogen) atoms. The highest BCUT2D eigenvalue weighted by molar-refractivity contribution is 14.0. The van der Waals surface area contributed by atoms with E-state index in [-0.39, 0.29) is 30.1 Å². The van der Waals surface area contributed by atoms with Crippen molar-refractivity contribution < 1.29 is 17.9 Å². The summed E-state index contributed by atoms with van der Waals surface area (Å²) in [5, 5.41) is 7.67. The molecule has 1 heterocycles. The lowest BCUT2D eigenvalue weighted by Crippen LogP contribution is -2.42. The predicted octanol–water partition coefficient (Wildman–Crippen LogP) is 4.26. The number of alkyl halides is 3. The second kappa shape index (κ2) is 11.4. The maximum absolute atomic E-state index is 12.6. The van der Waals surface area contributed by atoms with Crippen molar-refractivity contribution in [3.8, 4) is 5.75 Å². The molecule has 0 saturated carbocycles. The molecule has 1 aromatic heterocycles. The summed E-state index contributed by atoms with van der Waals surface area (Å²) in [6.45, 7) is 4.89. The number of hydrogen-bond donors (Lipinski definition) is 2. The number of hydrogen-bond acceptors (Lipinski definition) is 4. The first kappa shape index (κ1) is 24.5. The van der Waals surface area contributed by atoms with E-state index >= 15 is 0 Å². The van der Waals surface area contributed by atoms with Crippen LogP contribution in [0.25, 0.3) is 0 Å². The minimum Gasteiger partial charge on any atom is -0.489 e. The second-order valence-electron chi connectivity index (χ2n) is 5.95. The highest BCUT2D eigenvalue weighted by Gasteiger charge is 2.33. The molecule has 0 saturated heterocycles. The summed E-state index contributed by atoms with van der Waals surface area (Å²) in [4.78, 5) is 7.71. The van der Waals surface area contributed by atoms with Crippen molar-refractivity contribution in [2.75, 3.05) is 20.1 Å². The number of benzene rings is 1. The lowest BCUT2D eigenvalue weighted by molar-refractivity contribution is -0.140. The maximum atomic E-state index is 12.6. The van der Waals surface area contributed by atoms with Gasteiger partial charge in [-0.3, -0.25) is 4.99 Å². The first-order valence-corrected chi connectivity index (χ1v) is 9.36. The Morgan fingerprint density at radius 2 is 2.00 bits per heavy atom. The maximum Gasteiger partial charge on any atom is 0.434 e. The van der Waals surface area contributed by atoms with Crippen molar-refractivity contribution in [1.82, 2.24) is 15.6 Å². The number of aromatic nitrogens is 1. The molecule has 5 nitrogen and oxygen atoms in total. The summed E-state index contributed by atoms with van der Waals surface area (Å²) >= 11 is 1.01. The number of nitrogens with one attached hydrogen (secondary N) is 2. The molecule has 0 aliphatic heterocycles. The van der Waals surface area contributed by atoms with Crippen molar-refractivity contribution in [3.63, 3.8) is 0 Å². The molecule has 1 aromatic carbocycles. The number of halogens is 4. The van der Waals surface area contributed by atoms with Crippen LogP contribution in [-0.2, 0) is 12.6 Å². The van der Waals surface area contributed by atoms with Crippen molar-refractivity contribution in [3.05, 3.63) is 45.9 Å². The molecule has 0 amide bonds. The fourth-order valence-corrected chi connectivity index (χ4v) is 3.06. The summed E-state index contributed by atoms with van der Waals surface area (Å²) < 4.78 is 43.5. The van der Waals surface area contributed by atoms with Gasteiger partial charge in [0.15, 0.2) is 11.7 Å². The van der Waals surface area contributed by atoms with E-state index in [4.69, 9.17) is 4.74 Å². The Hall–Kier alpha value is -1.56. The van der Waals surface area contributed by atoms with E-state index < -0.39 is 11.9 Å². The van der Waals surface area contributed by atoms with Gasteiger partial charge in [0.05, 0.1) is 11.6 Å². The minimum atomic E-state index is -4.40. The fourth-order valence-electron chi connectivity index (χ4n) is 2.25. The molecule has 2 rings (SSSR count). The molecule has 0 bridgehead atoms. The van der Waals surface area contributed by atoms with E-state index in [0.717, 1.165) is 28.0 Å². The second-order valence-corrected chi connectivity index (χ2v) is 6.89. The van der Waals surface area contributed by atoms with Crippen LogP contribution in [0.5, 0.6) is 5.75 Å². The molecule has 2 N–H and O–H groups in total. The summed E-state index contributed by atoms with van der Waals surface area (Å²) in [6, 6.07) is 7.78.